The highest BCUT2D eigenvalue weighted by Crippen LogP contribution is 2.22. The topological polar surface area (TPSA) is 134 Å². The number of anilines is 4. The number of nitrogens with one attached hydrogen (secondary N) is 1. The van der Waals surface area contributed by atoms with Gasteiger partial charge in [-0.3, -0.25) is 4.79 Å². The van der Waals surface area contributed by atoms with Crippen LogP contribution in [0.3, 0.4) is 0 Å². The summed E-state index contributed by atoms with van der Waals surface area (Å²) in [4.78, 5) is 28.1. The lowest BCUT2D eigenvalue weighted by Crippen LogP contribution is -2.49. The molecule has 0 atom stereocenters. The first kappa shape index (κ1) is 25.9. The Morgan fingerprint density at radius 3 is 2.24 bits per heavy atom. The quantitative estimate of drug-likeness (QED) is 0.461. The first-order valence-electron chi connectivity index (χ1n) is 12.5. The Morgan fingerprint density at radius 2 is 1.58 bits per heavy atom. The molecule has 0 spiro atoms. The van der Waals surface area contributed by atoms with Crippen LogP contribution in [-0.4, -0.2) is 81.7 Å². The van der Waals surface area contributed by atoms with Gasteiger partial charge in [0, 0.05) is 56.8 Å². The Hall–Kier alpha value is -3.74. The van der Waals surface area contributed by atoms with Crippen LogP contribution in [0.1, 0.15) is 5.56 Å². The number of piperazine rings is 1. The molecule has 2 saturated heterocycles. The molecule has 0 radical (unpaired) electrons. The predicted molar refractivity (Wildman–Crippen MR) is 145 cm³/mol. The number of aromatic nitrogens is 2. The molecule has 2 aliphatic rings. The monoisotopic (exact) mass is 537 g/mol. The molecule has 0 saturated carbocycles. The molecule has 200 valence electrons. The fourth-order valence-electron chi connectivity index (χ4n) is 4.56. The minimum absolute atomic E-state index is 0.00132. The number of amides is 1. The standard InChI is InChI=1S/C26H31N7O4S/c27-38(35,36)23-7-1-20(2-8-23)19-25(34)33-13-11-32(12-14-33)24-9-10-28-26(30-24)29-21-3-5-22(6-4-21)31-15-17-37-18-16-31/h1-10H,11-19H2,(H2,27,35,36)(H,28,29,30). The number of nitrogens with two attached hydrogens (primary N) is 1. The summed E-state index contributed by atoms with van der Waals surface area (Å²) in [6.07, 6.45) is 1.94. The second-order valence-corrected chi connectivity index (χ2v) is 10.8. The van der Waals surface area contributed by atoms with Crippen LogP contribution in [0.4, 0.5) is 23.1 Å². The van der Waals surface area contributed by atoms with E-state index in [1.807, 2.05) is 23.1 Å². The van der Waals surface area contributed by atoms with Crippen molar-refractivity contribution in [2.24, 2.45) is 5.14 Å². The van der Waals surface area contributed by atoms with Gasteiger partial charge >= 0.3 is 0 Å². The molecule has 3 heterocycles. The van der Waals surface area contributed by atoms with Crippen LogP contribution in [0.5, 0.6) is 0 Å². The third-order valence-electron chi connectivity index (χ3n) is 6.70. The van der Waals surface area contributed by atoms with Crippen LogP contribution in [0.15, 0.2) is 65.7 Å². The molecule has 38 heavy (non-hydrogen) atoms. The Morgan fingerprint density at radius 1 is 0.895 bits per heavy atom. The number of sulfonamides is 1. The van der Waals surface area contributed by atoms with Gasteiger partial charge in [-0.2, -0.15) is 4.98 Å². The van der Waals surface area contributed by atoms with E-state index >= 15 is 0 Å². The Balaban J connectivity index is 1.14. The number of benzene rings is 2. The van der Waals surface area contributed by atoms with Crippen molar-refractivity contribution in [3.8, 4) is 0 Å². The molecule has 11 nitrogen and oxygen atoms in total. The smallest absolute Gasteiger partial charge is 0.238 e. The van der Waals surface area contributed by atoms with E-state index < -0.39 is 10.0 Å². The lowest BCUT2D eigenvalue weighted by Gasteiger charge is -2.35. The molecule has 2 fully saturated rings. The highest BCUT2D eigenvalue weighted by Gasteiger charge is 2.22. The molecule has 0 bridgehead atoms. The predicted octanol–water partition coefficient (Wildman–Crippen LogP) is 1.60. The van der Waals surface area contributed by atoms with Crippen molar-refractivity contribution >= 4 is 39.1 Å². The molecule has 1 amide bonds. The van der Waals surface area contributed by atoms with Crippen LogP contribution < -0.4 is 20.3 Å². The van der Waals surface area contributed by atoms with E-state index in [0.717, 1.165) is 43.4 Å². The zero-order valence-corrected chi connectivity index (χ0v) is 21.8. The summed E-state index contributed by atoms with van der Waals surface area (Å²) in [6.45, 7) is 5.74. The zero-order valence-electron chi connectivity index (χ0n) is 21.0. The first-order valence-corrected chi connectivity index (χ1v) is 14.1. The van der Waals surface area contributed by atoms with Gasteiger partial charge in [-0.25, -0.2) is 18.5 Å². The van der Waals surface area contributed by atoms with Crippen LogP contribution in [0, 0.1) is 0 Å². The number of ether oxygens (including phenoxy) is 1. The summed E-state index contributed by atoms with van der Waals surface area (Å²) in [5.74, 6) is 1.32. The van der Waals surface area contributed by atoms with Crippen molar-refractivity contribution in [3.05, 3.63) is 66.4 Å². The van der Waals surface area contributed by atoms with Gasteiger partial charge in [0.05, 0.1) is 24.5 Å². The molecule has 2 aromatic carbocycles. The summed E-state index contributed by atoms with van der Waals surface area (Å²) in [7, 11) is -3.75. The largest absolute Gasteiger partial charge is 0.378 e. The van der Waals surface area contributed by atoms with E-state index in [0.29, 0.717) is 32.1 Å². The van der Waals surface area contributed by atoms with Gasteiger partial charge in [0.25, 0.3) is 0 Å². The summed E-state index contributed by atoms with van der Waals surface area (Å²) < 4.78 is 28.3. The fourth-order valence-corrected chi connectivity index (χ4v) is 5.08. The van der Waals surface area contributed by atoms with Crippen molar-refractivity contribution < 1.29 is 17.9 Å². The van der Waals surface area contributed by atoms with E-state index in [9.17, 15) is 13.2 Å². The third-order valence-corrected chi connectivity index (χ3v) is 7.63. The second-order valence-electron chi connectivity index (χ2n) is 9.24. The average molecular weight is 538 g/mol. The Kier molecular flexibility index (Phi) is 7.72. The summed E-state index contributed by atoms with van der Waals surface area (Å²) in [6, 6.07) is 16.2. The van der Waals surface area contributed by atoms with Gasteiger partial charge in [-0.1, -0.05) is 12.1 Å². The van der Waals surface area contributed by atoms with Crippen molar-refractivity contribution in [1.29, 1.82) is 0 Å². The number of morpholine rings is 1. The highest BCUT2D eigenvalue weighted by atomic mass is 32.2. The molecular weight excluding hydrogens is 506 g/mol. The first-order chi connectivity index (χ1) is 18.3. The molecule has 2 aliphatic heterocycles. The number of primary sulfonamides is 1. The normalized spacial score (nSPS) is 16.4. The molecular formula is C26H31N7O4S. The summed E-state index contributed by atoms with van der Waals surface area (Å²) in [5, 5.41) is 8.42. The van der Waals surface area contributed by atoms with Gasteiger partial charge in [0.2, 0.25) is 21.9 Å². The lowest BCUT2D eigenvalue weighted by molar-refractivity contribution is -0.130. The molecule has 1 aromatic heterocycles. The van der Waals surface area contributed by atoms with Crippen molar-refractivity contribution in [2.45, 2.75) is 11.3 Å². The number of rotatable bonds is 7. The van der Waals surface area contributed by atoms with Gasteiger partial charge < -0.3 is 24.8 Å². The molecule has 12 heteroatoms. The number of carbonyl (C=O) groups excluding carboxylic acids is 1. The highest BCUT2D eigenvalue weighted by molar-refractivity contribution is 7.89. The van der Waals surface area contributed by atoms with E-state index in [1.165, 1.54) is 17.8 Å². The Labute approximate surface area is 222 Å². The number of nitrogens with zero attached hydrogens (tertiary/aromatic N) is 5. The minimum atomic E-state index is -3.75. The Bertz CT molecular complexity index is 1350. The van der Waals surface area contributed by atoms with Crippen LogP contribution in [0.2, 0.25) is 0 Å². The van der Waals surface area contributed by atoms with Gasteiger partial charge in [0.15, 0.2) is 0 Å². The van der Waals surface area contributed by atoms with E-state index in [-0.39, 0.29) is 17.2 Å². The summed E-state index contributed by atoms with van der Waals surface area (Å²) in [5.41, 5.74) is 2.82. The van der Waals surface area contributed by atoms with Gasteiger partial charge in [-0.15, -0.1) is 0 Å². The molecule has 0 aliphatic carbocycles. The zero-order chi connectivity index (χ0) is 26.5. The van der Waals surface area contributed by atoms with Gasteiger partial charge in [-0.05, 0) is 48.0 Å². The SMILES string of the molecule is NS(=O)(=O)c1ccc(CC(=O)N2CCN(c3ccnc(Nc4ccc(N5CCOCC5)cc4)n3)CC2)cc1. The van der Waals surface area contributed by atoms with Crippen molar-refractivity contribution in [1.82, 2.24) is 14.9 Å². The minimum Gasteiger partial charge on any atom is -0.378 e. The molecule has 3 N–H and O–H groups in total. The van der Waals surface area contributed by atoms with Crippen molar-refractivity contribution in [3.63, 3.8) is 0 Å². The van der Waals surface area contributed by atoms with E-state index in [4.69, 9.17) is 9.88 Å². The maximum absolute atomic E-state index is 12.8. The lowest BCUT2D eigenvalue weighted by atomic mass is 10.1. The molecule has 0 unspecified atom stereocenters. The second kappa shape index (κ2) is 11.3. The van der Waals surface area contributed by atoms with E-state index in [2.05, 4.69) is 37.2 Å². The van der Waals surface area contributed by atoms with E-state index in [1.54, 1.807) is 18.3 Å². The molecule has 3 aromatic rings. The summed E-state index contributed by atoms with van der Waals surface area (Å²) >= 11 is 0. The van der Waals surface area contributed by atoms with Crippen LogP contribution in [-0.2, 0) is 26.0 Å². The maximum atomic E-state index is 12.8. The third kappa shape index (κ3) is 6.39. The number of carbonyl (C=O) groups is 1. The fraction of sp³-hybridized carbons (Fsp3) is 0.346. The van der Waals surface area contributed by atoms with Gasteiger partial charge in [0.1, 0.15) is 5.82 Å². The van der Waals surface area contributed by atoms with Crippen molar-refractivity contribution in [2.75, 3.05) is 67.6 Å². The number of hydrogen-bond donors (Lipinski definition) is 2. The molecule has 5 rings (SSSR count). The van der Waals surface area contributed by atoms with Crippen LogP contribution in [0.25, 0.3) is 0 Å². The average Bonchev–Trinajstić information content (AvgIpc) is 2.94. The maximum Gasteiger partial charge on any atom is 0.238 e. The number of hydrogen-bond acceptors (Lipinski definition) is 9. The van der Waals surface area contributed by atoms with Crippen LogP contribution >= 0.6 is 0 Å².